The van der Waals surface area contributed by atoms with E-state index in [0.29, 0.717) is 13.0 Å². The molecule has 0 saturated carbocycles. The lowest BCUT2D eigenvalue weighted by molar-refractivity contribution is -0.122. The van der Waals surface area contributed by atoms with E-state index in [1.54, 1.807) is 24.3 Å². The Balaban J connectivity index is 2.43. The number of nitriles is 1. The predicted octanol–water partition coefficient (Wildman–Crippen LogP) is 0.292. The Kier molecular flexibility index (Phi) is 4.98. The van der Waals surface area contributed by atoms with Crippen LogP contribution in [0.3, 0.4) is 0 Å². The van der Waals surface area contributed by atoms with Crippen molar-refractivity contribution >= 4 is 5.91 Å². The minimum atomic E-state index is -0.641. The molecule has 90 valence electrons. The van der Waals surface area contributed by atoms with Gasteiger partial charge in [0.15, 0.2) is 0 Å². The van der Waals surface area contributed by atoms with Crippen LogP contribution < -0.4 is 11.1 Å². The van der Waals surface area contributed by atoms with Crippen molar-refractivity contribution in [3.8, 4) is 11.8 Å². The molecule has 1 aromatic carbocycles. The van der Waals surface area contributed by atoms with E-state index in [0.717, 1.165) is 5.56 Å². The number of carbonyl (C=O) groups excluding carboxylic acids is 1. The van der Waals surface area contributed by atoms with E-state index in [1.165, 1.54) is 0 Å². The monoisotopic (exact) mass is 233 g/mol. The van der Waals surface area contributed by atoms with Crippen LogP contribution in [0.25, 0.3) is 0 Å². The van der Waals surface area contributed by atoms with Gasteiger partial charge in [-0.1, -0.05) is 12.1 Å². The number of hydrogen-bond acceptors (Lipinski definition) is 4. The molecule has 0 aliphatic carbocycles. The molecular weight excluding hydrogens is 218 g/mol. The van der Waals surface area contributed by atoms with Crippen molar-refractivity contribution in [1.82, 2.24) is 5.32 Å². The van der Waals surface area contributed by atoms with Crippen molar-refractivity contribution in [3.63, 3.8) is 0 Å². The number of benzene rings is 1. The first-order chi connectivity index (χ1) is 8.13. The van der Waals surface area contributed by atoms with Gasteiger partial charge in [0, 0.05) is 6.54 Å². The Hall–Kier alpha value is -2.06. The maximum atomic E-state index is 11.5. The van der Waals surface area contributed by atoms with Crippen molar-refractivity contribution in [2.45, 2.75) is 18.9 Å². The van der Waals surface area contributed by atoms with Gasteiger partial charge in [0.25, 0.3) is 0 Å². The summed E-state index contributed by atoms with van der Waals surface area (Å²) < 4.78 is 0. The van der Waals surface area contributed by atoms with Gasteiger partial charge in [-0.05, 0) is 24.1 Å². The van der Waals surface area contributed by atoms with Crippen molar-refractivity contribution < 1.29 is 9.90 Å². The molecule has 0 radical (unpaired) electrons. The molecule has 1 amide bonds. The number of amides is 1. The normalized spacial score (nSPS) is 11.5. The van der Waals surface area contributed by atoms with Crippen molar-refractivity contribution in [1.29, 1.82) is 5.26 Å². The quantitative estimate of drug-likeness (QED) is 0.636. The lowest BCUT2D eigenvalue weighted by Crippen LogP contribution is -2.42. The van der Waals surface area contributed by atoms with Gasteiger partial charge in [0.1, 0.15) is 5.75 Å². The Morgan fingerprint density at radius 1 is 1.47 bits per heavy atom. The standard InChI is InChI=1S/C12H15N3O2/c13-6-1-7-15-12(17)11(14)8-9-2-4-10(16)5-3-9/h2-5,11,16H,1,7-8,14H2,(H,15,17). The van der Waals surface area contributed by atoms with E-state index < -0.39 is 6.04 Å². The highest BCUT2D eigenvalue weighted by molar-refractivity contribution is 5.81. The van der Waals surface area contributed by atoms with E-state index >= 15 is 0 Å². The summed E-state index contributed by atoms with van der Waals surface area (Å²) in [5.41, 5.74) is 6.59. The van der Waals surface area contributed by atoms with Crippen LogP contribution in [-0.2, 0) is 11.2 Å². The first-order valence-corrected chi connectivity index (χ1v) is 5.31. The number of nitrogens with zero attached hydrogens (tertiary/aromatic N) is 1. The van der Waals surface area contributed by atoms with Crippen LogP contribution in [-0.4, -0.2) is 23.6 Å². The summed E-state index contributed by atoms with van der Waals surface area (Å²) in [4.78, 5) is 11.5. The number of phenols is 1. The van der Waals surface area contributed by atoms with Crippen LogP contribution in [0.4, 0.5) is 0 Å². The third-order valence-corrected chi connectivity index (χ3v) is 2.26. The molecule has 5 nitrogen and oxygen atoms in total. The molecule has 5 heteroatoms. The summed E-state index contributed by atoms with van der Waals surface area (Å²) in [7, 11) is 0. The molecule has 0 aliphatic rings. The molecule has 0 spiro atoms. The summed E-state index contributed by atoms with van der Waals surface area (Å²) in [5, 5.41) is 20.0. The lowest BCUT2D eigenvalue weighted by Gasteiger charge is -2.11. The van der Waals surface area contributed by atoms with Gasteiger partial charge in [-0.3, -0.25) is 4.79 Å². The lowest BCUT2D eigenvalue weighted by atomic mass is 10.1. The zero-order valence-corrected chi connectivity index (χ0v) is 9.39. The zero-order chi connectivity index (χ0) is 12.7. The fraction of sp³-hybridized carbons (Fsp3) is 0.333. The topological polar surface area (TPSA) is 99.1 Å². The molecule has 0 heterocycles. The molecule has 0 aliphatic heterocycles. The first kappa shape index (κ1) is 13.0. The van der Waals surface area contributed by atoms with Crippen LogP contribution in [0.1, 0.15) is 12.0 Å². The van der Waals surface area contributed by atoms with E-state index in [9.17, 15) is 4.79 Å². The minimum absolute atomic E-state index is 0.181. The Bertz CT molecular complexity index is 409. The molecule has 17 heavy (non-hydrogen) atoms. The van der Waals surface area contributed by atoms with Crippen LogP contribution in [0, 0.1) is 11.3 Å². The Labute approximate surface area is 99.9 Å². The second kappa shape index (κ2) is 6.51. The second-order valence-electron chi connectivity index (χ2n) is 3.68. The number of hydrogen-bond donors (Lipinski definition) is 3. The molecule has 0 fully saturated rings. The number of nitrogens with two attached hydrogens (primary N) is 1. The zero-order valence-electron chi connectivity index (χ0n) is 9.39. The summed E-state index contributed by atoms with van der Waals surface area (Å²) in [6, 6.07) is 7.84. The van der Waals surface area contributed by atoms with Crippen molar-refractivity contribution in [3.05, 3.63) is 29.8 Å². The molecular formula is C12H15N3O2. The van der Waals surface area contributed by atoms with Gasteiger partial charge in [-0.15, -0.1) is 0 Å². The molecule has 1 aromatic rings. The van der Waals surface area contributed by atoms with Gasteiger partial charge < -0.3 is 16.2 Å². The van der Waals surface area contributed by atoms with Crippen molar-refractivity contribution in [2.24, 2.45) is 5.73 Å². The molecule has 0 saturated heterocycles. The first-order valence-electron chi connectivity index (χ1n) is 5.31. The average molecular weight is 233 g/mol. The highest BCUT2D eigenvalue weighted by Gasteiger charge is 2.13. The van der Waals surface area contributed by atoms with Gasteiger partial charge in [-0.2, -0.15) is 5.26 Å². The molecule has 1 unspecified atom stereocenters. The molecule has 1 atom stereocenters. The minimum Gasteiger partial charge on any atom is -0.508 e. The number of rotatable bonds is 5. The number of phenolic OH excluding ortho intramolecular Hbond substituents is 1. The smallest absolute Gasteiger partial charge is 0.237 e. The largest absolute Gasteiger partial charge is 0.508 e. The maximum absolute atomic E-state index is 11.5. The van der Waals surface area contributed by atoms with Crippen LogP contribution in [0.2, 0.25) is 0 Å². The molecule has 1 rings (SSSR count). The SMILES string of the molecule is N#CCCNC(=O)C(N)Cc1ccc(O)cc1. The molecule has 4 N–H and O–H groups in total. The second-order valence-corrected chi connectivity index (χ2v) is 3.68. The van der Waals surface area contributed by atoms with E-state index in [4.69, 9.17) is 16.1 Å². The van der Waals surface area contributed by atoms with Gasteiger partial charge in [0.05, 0.1) is 18.5 Å². The van der Waals surface area contributed by atoms with E-state index in [2.05, 4.69) is 5.32 Å². The van der Waals surface area contributed by atoms with E-state index in [-0.39, 0.29) is 18.1 Å². The molecule has 0 aromatic heterocycles. The van der Waals surface area contributed by atoms with Crippen LogP contribution in [0.5, 0.6) is 5.75 Å². The average Bonchev–Trinajstić information content (AvgIpc) is 2.32. The maximum Gasteiger partial charge on any atom is 0.237 e. The van der Waals surface area contributed by atoms with Crippen molar-refractivity contribution in [2.75, 3.05) is 6.54 Å². The number of carbonyl (C=O) groups is 1. The van der Waals surface area contributed by atoms with Gasteiger partial charge >= 0.3 is 0 Å². The Morgan fingerprint density at radius 2 is 2.12 bits per heavy atom. The third-order valence-electron chi connectivity index (χ3n) is 2.26. The van der Waals surface area contributed by atoms with Crippen LogP contribution >= 0.6 is 0 Å². The third kappa shape index (κ3) is 4.53. The number of nitrogens with one attached hydrogen (secondary N) is 1. The summed E-state index contributed by atoms with van der Waals surface area (Å²) in [6.45, 7) is 0.318. The Morgan fingerprint density at radius 3 is 2.71 bits per heavy atom. The molecule has 0 bridgehead atoms. The highest BCUT2D eigenvalue weighted by Crippen LogP contribution is 2.10. The van der Waals surface area contributed by atoms with E-state index in [1.807, 2.05) is 6.07 Å². The summed E-state index contributed by atoms with van der Waals surface area (Å²) in [5.74, 6) is -0.0888. The summed E-state index contributed by atoms with van der Waals surface area (Å²) >= 11 is 0. The van der Waals surface area contributed by atoms with Gasteiger partial charge in [-0.25, -0.2) is 0 Å². The summed E-state index contributed by atoms with van der Waals surface area (Å²) in [6.07, 6.45) is 0.677. The van der Waals surface area contributed by atoms with Crippen LogP contribution in [0.15, 0.2) is 24.3 Å². The predicted molar refractivity (Wildman–Crippen MR) is 63.0 cm³/mol. The fourth-order valence-electron chi connectivity index (χ4n) is 1.35. The van der Waals surface area contributed by atoms with Gasteiger partial charge in [0.2, 0.25) is 5.91 Å². The fourth-order valence-corrected chi connectivity index (χ4v) is 1.35. The highest BCUT2D eigenvalue weighted by atomic mass is 16.3. The number of aromatic hydroxyl groups is 1.